The highest BCUT2D eigenvalue weighted by Gasteiger charge is 2.18. The summed E-state index contributed by atoms with van der Waals surface area (Å²) in [4.78, 5) is 11.1. The van der Waals surface area contributed by atoms with Crippen molar-refractivity contribution in [3.63, 3.8) is 0 Å². The van der Waals surface area contributed by atoms with Crippen molar-refractivity contribution in [3.8, 4) is 0 Å². The second kappa shape index (κ2) is 5.46. The summed E-state index contributed by atoms with van der Waals surface area (Å²) in [6, 6.07) is 5.46. The van der Waals surface area contributed by atoms with Crippen molar-refractivity contribution in [2.24, 2.45) is 0 Å². The molecule has 16 heavy (non-hydrogen) atoms. The van der Waals surface area contributed by atoms with E-state index in [-0.39, 0.29) is 5.78 Å². The van der Waals surface area contributed by atoms with Crippen molar-refractivity contribution < 1.29 is 9.53 Å². The van der Waals surface area contributed by atoms with Gasteiger partial charge >= 0.3 is 0 Å². The van der Waals surface area contributed by atoms with Crippen LogP contribution >= 0.6 is 11.6 Å². The van der Waals surface area contributed by atoms with Crippen LogP contribution in [0.25, 0.3) is 0 Å². The minimum absolute atomic E-state index is 0.247. The van der Waals surface area contributed by atoms with E-state index in [9.17, 15) is 4.79 Å². The zero-order valence-corrected chi connectivity index (χ0v) is 9.93. The topological polar surface area (TPSA) is 26.3 Å². The van der Waals surface area contributed by atoms with Crippen molar-refractivity contribution in [2.75, 3.05) is 13.2 Å². The maximum absolute atomic E-state index is 11.1. The van der Waals surface area contributed by atoms with Crippen molar-refractivity contribution >= 4 is 17.4 Å². The van der Waals surface area contributed by atoms with Crippen LogP contribution < -0.4 is 0 Å². The van der Waals surface area contributed by atoms with Crippen LogP contribution in [0.4, 0.5) is 0 Å². The maximum atomic E-state index is 11.1. The fraction of sp³-hybridized carbons (Fsp3) is 0.462. The van der Waals surface area contributed by atoms with Gasteiger partial charge in [-0.1, -0.05) is 11.6 Å². The van der Waals surface area contributed by atoms with Crippen LogP contribution in [0.1, 0.15) is 35.2 Å². The van der Waals surface area contributed by atoms with E-state index in [1.165, 1.54) is 12.8 Å². The largest absolute Gasteiger partial charge is 0.381 e. The number of fused-ring (bicyclic) bond motifs is 1. The van der Waals surface area contributed by atoms with Gasteiger partial charge in [0.2, 0.25) is 0 Å². The summed E-state index contributed by atoms with van der Waals surface area (Å²) in [5.41, 5.74) is 1.96. The van der Waals surface area contributed by atoms with E-state index in [1.54, 1.807) is 6.07 Å². The number of carbonyl (C=O) groups excluding carboxylic acids is 1. The normalized spacial score (nSPS) is 17.9. The molecule has 0 N–H and O–H groups in total. The molecule has 1 aliphatic carbocycles. The van der Waals surface area contributed by atoms with Gasteiger partial charge in [0.05, 0.1) is 0 Å². The molecule has 1 aromatic carbocycles. The predicted molar refractivity (Wildman–Crippen MR) is 64.2 cm³/mol. The van der Waals surface area contributed by atoms with E-state index in [4.69, 9.17) is 16.3 Å². The lowest BCUT2D eigenvalue weighted by Gasteiger charge is -1.95. The minimum Gasteiger partial charge on any atom is -0.381 e. The van der Waals surface area contributed by atoms with Gasteiger partial charge in [0.25, 0.3) is 0 Å². The Morgan fingerprint density at radius 1 is 1.12 bits per heavy atom. The van der Waals surface area contributed by atoms with Gasteiger partial charge in [0.1, 0.15) is 0 Å². The molecular weight excluding hydrogens is 224 g/mol. The lowest BCUT2D eigenvalue weighted by atomic mass is 10.1. The van der Waals surface area contributed by atoms with Crippen molar-refractivity contribution in [1.82, 2.24) is 0 Å². The maximum Gasteiger partial charge on any atom is 0.163 e. The molecule has 3 rings (SSSR count). The van der Waals surface area contributed by atoms with Crippen LogP contribution in [0.3, 0.4) is 0 Å². The highest BCUT2D eigenvalue weighted by molar-refractivity contribution is 6.30. The number of hydrogen-bond acceptors (Lipinski definition) is 2. The molecule has 1 aromatic rings. The number of carbonyl (C=O) groups is 1. The Morgan fingerprint density at radius 3 is 2.50 bits per heavy atom. The third-order valence-corrected chi connectivity index (χ3v) is 3.05. The Bertz CT molecular complexity index is 376. The molecule has 2 nitrogen and oxygen atoms in total. The Balaban J connectivity index is 0.000000162. The van der Waals surface area contributed by atoms with Crippen LogP contribution in [0.2, 0.25) is 5.02 Å². The average molecular weight is 239 g/mol. The number of benzene rings is 1. The van der Waals surface area contributed by atoms with Gasteiger partial charge in [-0.15, -0.1) is 0 Å². The molecule has 1 saturated heterocycles. The van der Waals surface area contributed by atoms with Crippen LogP contribution in [0, 0.1) is 0 Å². The third-order valence-electron chi connectivity index (χ3n) is 2.82. The van der Waals surface area contributed by atoms with Gasteiger partial charge in [-0.05, 0) is 43.0 Å². The van der Waals surface area contributed by atoms with E-state index < -0.39 is 0 Å². The molecule has 0 spiro atoms. The Kier molecular flexibility index (Phi) is 3.97. The van der Waals surface area contributed by atoms with E-state index in [1.807, 2.05) is 12.1 Å². The highest BCUT2D eigenvalue weighted by atomic mass is 35.5. The first-order chi connectivity index (χ1) is 7.77. The summed E-state index contributed by atoms with van der Waals surface area (Å²) < 4.78 is 4.94. The Labute approximate surface area is 101 Å². The van der Waals surface area contributed by atoms with Crippen molar-refractivity contribution in [3.05, 3.63) is 34.3 Å². The van der Waals surface area contributed by atoms with Gasteiger partial charge in [-0.3, -0.25) is 4.79 Å². The van der Waals surface area contributed by atoms with Crippen LogP contribution in [-0.4, -0.2) is 19.0 Å². The fourth-order valence-corrected chi connectivity index (χ4v) is 2.13. The summed E-state index contributed by atoms with van der Waals surface area (Å²) in [6.07, 6.45) is 4.06. The van der Waals surface area contributed by atoms with E-state index in [2.05, 4.69) is 0 Å². The monoisotopic (exact) mass is 238 g/mol. The first kappa shape index (κ1) is 11.6. The standard InChI is InChI=1S/C9H7ClO.C4H8O/c10-7-2-3-8-6(5-7)1-4-9(8)11;1-2-4-5-3-1/h2-3,5H,1,4H2;1-4H2. The predicted octanol–water partition coefficient (Wildman–Crippen LogP) is 3.27. The molecule has 0 atom stereocenters. The molecule has 2 aliphatic rings. The molecule has 3 heteroatoms. The zero-order valence-electron chi connectivity index (χ0n) is 9.17. The molecule has 86 valence electrons. The van der Waals surface area contributed by atoms with Crippen LogP contribution in [0.5, 0.6) is 0 Å². The number of halogens is 1. The highest BCUT2D eigenvalue weighted by Crippen LogP contribution is 2.24. The molecule has 0 amide bonds. The summed E-state index contributed by atoms with van der Waals surface area (Å²) in [6.45, 7) is 2.00. The van der Waals surface area contributed by atoms with Crippen LogP contribution in [-0.2, 0) is 11.2 Å². The number of ketones is 1. The number of aryl methyl sites for hydroxylation is 1. The second-order valence-corrected chi connectivity index (χ2v) is 4.48. The van der Waals surface area contributed by atoms with Gasteiger partial charge < -0.3 is 4.74 Å². The summed E-state index contributed by atoms with van der Waals surface area (Å²) in [5.74, 6) is 0.247. The van der Waals surface area contributed by atoms with Gasteiger partial charge in [-0.25, -0.2) is 0 Å². The molecule has 0 aromatic heterocycles. The van der Waals surface area contributed by atoms with Gasteiger partial charge in [0.15, 0.2) is 5.78 Å². The number of rotatable bonds is 0. The summed E-state index contributed by atoms with van der Waals surface area (Å²) in [5, 5.41) is 0.721. The van der Waals surface area contributed by atoms with E-state index in [0.29, 0.717) is 6.42 Å². The Hall–Kier alpha value is -0.860. The summed E-state index contributed by atoms with van der Waals surface area (Å²) in [7, 11) is 0. The molecule has 0 unspecified atom stereocenters. The van der Waals surface area contributed by atoms with Gasteiger partial charge in [0, 0.05) is 30.2 Å². The van der Waals surface area contributed by atoms with Crippen molar-refractivity contribution in [1.29, 1.82) is 0 Å². The fourth-order valence-electron chi connectivity index (χ4n) is 1.93. The SMILES string of the molecule is C1CCOC1.O=C1CCc2cc(Cl)ccc21. The summed E-state index contributed by atoms with van der Waals surface area (Å²) >= 11 is 5.76. The number of Topliss-reactive ketones (excluding diaryl/α,β-unsaturated/α-hetero) is 1. The molecule has 1 heterocycles. The second-order valence-electron chi connectivity index (χ2n) is 4.04. The molecule has 0 bridgehead atoms. The molecule has 1 aliphatic heterocycles. The first-order valence-electron chi connectivity index (χ1n) is 5.67. The Morgan fingerprint density at radius 2 is 1.88 bits per heavy atom. The van der Waals surface area contributed by atoms with Crippen molar-refractivity contribution in [2.45, 2.75) is 25.7 Å². The number of ether oxygens (including phenoxy) is 1. The van der Waals surface area contributed by atoms with Gasteiger partial charge in [-0.2, -0.15) is 0 Å². The van der Waals surface area contributed by atoms with Crippen LogP contribution in [0.15, 0.2) is 18.2 Å². The lowest BCUT2D eigenvalue weighted by Crippen LogP contribution is -1.89. The lowest BCUT2D eigenvalue weighted by molar-refractivity contribution is 0.0994. The zero-order chi connectivity index (χ0) is 11.4. The average Bonchev–Trinajstić information content (AvgIpc) is 2.92. The molecule has 0 saturated carbocycles. The van der Waals surface area contributed by atoms with E-state index in [0.717, 1.165) is 35.8 Å². The first-order valence-corrected chi connectivity index (χ1v) is 6.04. The third kappa shape index (κ3) is 2.83. The molecule has 1 fully saturated rings. The smallest absolute Gasteiger partial charge is 0.163 e. The number of hydrogen-bond donors (Lipinski definition) is 0. The molecule has 0 radical (unpaired) electrons. The molecular formula is C13H15ClO2. The minimum atomic E-state index is 0.247. The van der Waals surface area contributed by atoms with E-state index >= 15 is 0 Å². The quantitative estimate of drug-likeness (QED) is 0.694.